The molecular formula is C11H12ClNO3. The van der Waals surface area contributed by atoms with Crippen molar-refractivity contribution >= 4 is 17.6 Å². The van der Waals surface area contributed by atoms with Crippen molar-refractivity contribution in [1.82, 2.24) is 5.32 Å². The number of benzene rings is 1. The number of hydrogen-bond acceptors (Lipinski definition) is 3. The Morgan fingerprint density at radius 2 is 2.25 bits per heavy atom. The molecule has 1 heterocycles. The standard InChI is InChI=1S/C11H12ClNO3/c12-9-4-2-1-3-8(9)11(10(14)15)7-16-6-5-13-11/h1-4,13H,5-7H2,(H,14,15). The van der Waals surface area contributed by atoms with Crippen LogP contribution in [0.25, 0.3) is 0 Å². The predicted octanol–water partition coefficient (Wildman–Crippen LogP) is 1.24. The van der Waals surface area contributed by atoms with Gasteiger partial charge in [0.1, 0.15) is 0 Å². The maximum atomic E-state index is 11.4. The number of morpholine rings is 1. The van der Waals surface area contributed by atoms with Crippen LogP contribution in [-0.2, 0) is 15.1 Å². The van der Waals surface area contributed by atoms with E-state index < -0.39 is 11.5 Å². The molecule has 1 aromatic carbocycles. The van der Waals surface area contributed by atoms with Crippen molar-refractivity contribution in [2.75, 3.05) is 19.8 Å². The molecule has 1 unspecified atom stereocenters. The summed E-state index contributed by atoms with van der Waals surface area (Å²) >= 11 is 6.03. The Hall–Kier alpha value is -1.10. The smallest absolute Gasteiger partial charge is 0.331 e. The quantitative estimate of drug-likeness (QED) is 0.818. The van der Waals surface area contributed by atoms with E-state index in [2.05, 4.69) is 5.32 Å². The molecule has 2 rings (SSSR count). The molecule has 0 aliphatic carbocycles. The summed E-state index contributed by atoms with van der Waals surface area (Å²) in [6.45, 7) is 1.10. The van der Waals surface area contributed by atoms with E-state index in [4.69, 9.17) is 16.3 Å². The summed E-state index contributed by atoms with van der Waals surface area (Å²) in [7, 11) is 0. The van der Waals surface area contributed by atoms with Gasteiger partial charge in [-0.3, -0.25) is 5.32 Å². The first-order valence-electron chi connectivity index (χ1n) is 4.98. The van der Waals surface area contributed by atoms with Crippen molar-refractivity contribution in [2.45, 2.75) is 5.54 Å². The minimum Gasteiger partial charge on any atom is -0.480 e. The molecule has 0 aromatic heterocycles. The number of halogens is 1. The monoisotopic (exact) mass is 241 g/mol. The number of carboxylic acids is 1. The first-order valence-corrected chi connectivity index (χ1v) is 5.36. The van der Waals surface area contributed by atoms with E-state index in [-0.39, 0.29) is 6.61 Å². The third kappa shape index (κ3) is 1.80. The van der Waals surface area contributed by atoms with Gasteiger partial charge in [0, 0.05) is 17.1 Å². The fourth-order valence-electron chi connectivity index (χ4n) is 1.85. The molecule has 1 aromatic rings. The van der Waals surface area contributed by atoms with Gasteiger partial charge in [-0.05, 0) is 6.07 Å². The van der Waals surface area contributed by atoms with Gasteiger partial charge in [0.25, 0.3) is 0 Å². The van der Waals surface area contributed by atoms with Crippen LogP contribution < -0.4 is 5.32 Å². The van der Waals surface area contributed by atoms with Crippen LogP contribution in [0.1, 0.15) is 5.56 Å². The van der Waals surface area contributed by atoms with Gasteiger partial charge in [0.05, 0.1) is 13.2 Å². The molecule has 5 heteroatoms. The molecule has 0 amide bonds. The highest BCUT2D eigenvalue weighted by molar-refractivity contribution is 6.31. The fourth-order valence-corrected chi connectivity index (χ4v) is 2.14. The number of hydrogen-bond donors (Lipinski definition) is 2. The Kier molecular flexibility index (Phi) is 3.14. The zero-order valence-electron chi connectivity index (χ0n) is 8.57. The van der Waals surface area contributed by atoms with Gasteiger partial charge < -0.3 is 9.84 Å². The highest BCUT2D eigenvalue weighted by atomic mass is 35.5. The lowest BCUT2D eigenvalue weighted by Crippen LogP contribution is -2.57. The van der Waals surface area contributed by atoms with E-state index in [1.807, 2.05) is 0 Å². The van der Waals surface area contributed by atoms with Gasteiger partial charge >= 0.3 is 5.97 Å². The van der Waals surface area contributed by atoms with Gasteiger partial charge in [-0.15, -0.1) is 0 Å². The lowest BCUT2D eigenvalue weighted by molar-refractivity contribution is -0.151. The lowest BCUT2D eigenvalue weighted by Gasteiger charge is -2.35. The summed E-state index contributed by atoms with van der Waals surface area (Å²) in [4.78, 5) is 11.4. The number of aliphatic carboxylic acids is 1. The van der Waals surface area contributed by atoms with Crippen LogP contribution >= 0.6 is 11.6 Å². The number of carboxylic acid groups (broad SMARTS) is 1. The van der Waals surface area contributed by atoms with Crippen LogP contribution in [0, 0.1) is 0 Å². The summed E-state index contributed by atoms with van der Waals surface area (Å²) in [6, 6.07) is 6.92. The SMILES string of the molecule is O=C(O)C1(c2ccccc2Cl)COCCN1. The van der Waals surface area contributed by atoms with Crippen molar-refractivity contribution in [3.05, 3.63) is 34.9 Å². The molecule has 4 nitrogen and oxygen atoms in total. The van der Waals surface area contributed by atoms with E-state index in [0.29, 0.717) is 23.7 Å². The van der Waals surface area contributed by atoms with Crippen LogP contribution in [0.4, 0.5) is 0 Å². The van der Waals surface area contributed by atoms with E-state index in [1.165, 1.54) is 0 Å². The molecule has 1 aliphatic heterocycles. The Labute approximate surface area is 98.2 Å². The minimum absolute atomic E-state index is 0.0894. The number of ether oxygens (including phenoxy) is 1. The summed E-state index contributed by atoms with van der Waals surface area (Å²) < 4.78 is 5.25. The van der Waals surface area contributed by atoms with Crippen LogP contribution in [0.2, 0.25) is 5.02 Å². The molecule has 0 saturated carbocycles. The molecule has 2 N–H and O–H groups in total. The van der Waals surface area contributed by atoms with Crippen molar-refractivity contribution < 1.29 is 14.6 Å². The first kappa shape index (κ1) is 11.4. The second-order valence-electron chi connectivity index (χ2n) is 3.67. The molecule has 0 bridgehead atoms. The van der Waals surface area contributed by atoms with E-state index in [9.17, 15) is 9.90 Å². The van der Waals surface area contributed by atoms with E-state index in [0.717, 1.165) is 0 Å². The number of carbonyl (C=O) groups is 1. The van der Waals surface area contributed by atoms with Crippen molar-refractivity contribution in [1.29, 1.82) is 0 Å². The predicted molar refractivity (Wildman–Crippen MR) is 59.6 cm³/mol. The first-order chi connectivity index (χ1) is 7.67. The Morgan fingerprint density at radius 1 is 1.50 bits per heavy atom. The van der Waals surface area contributed by atoms with Gasteiger partial charge in [0.15, 0.2) is 5.54 Å². The molecule has 0 spiro atoms. The largest absolute Gasteiger partial charge is 0.480 e. The molecule has 0 radical (unpaired) electrons. The topological polar surface area (TPSA) is 58.6 Å². The minimum atomic E-state index is -1.23. The molecule has 1 saturated heterocycles. The molecule has 1 aliphatic rings. The summed E-state index contributed by atoms with van der Waals surface area (Å²) in [5, 5.41) is 12.8. The Bertz CT molecular complexity index is 402. The molecule has 86 valence electrons. The van der Waals surface area contributed by atoms with Crippen LogP contribution in [0.3, 0.4) is 0 Å². The maximum absolute atomic E-state index is 11.4. The van der Waals surface area contributed by atoms with Gasteiger partial charge in [-0.2, -0.15) is 0 Å². The zero-order valence-corrected chi connectivity index (χ0v) is 9.33. The summed E-state index contributed by atoms with van der Waals surface area (Å²) in [5.41, 5.74) is -0.680. The lowest BCUT2D eigenvalue weighted by atomic mass is 9.90. The van der Waals surface area contributed by atoms with E-state index in [1.54, 1.807) is 24.3 Å². The molecule has 1 fully saturated rings. The third-order valence-corrected chi connectivity index (χ3v) is 3.02. The van der Waals surface area contributed by atoms with Crippen LogP contribution in [0.5, 0.6) is 0 Å². The number of rotatable bonds is 2. The van der Waals surface area contributed by atoms with Crippen molar-refractivity contribution in [2.24, 2.45) is 0 Å². The zero-order chi connectivity index (χ0) is 11.6. The second-order valence-corrected chi connectivity index (χ2v) is 4.08. The highest BCUT2D eigenvalue weighted by Crippen LogP contribution is 2.30. The Balaban J connectivity index is 2.47. The fraction of sp³-hybridized carbons (Fsp3) is 0.364. The molecule has 1 atom stereocenters. The molecule has 16 heavy (non-hydrogen) atoms. The summed E-state index contributed by atoms with van der Waals surface area (Å²) in [5.74, 6) is -0.972. The van der Waals surface area contributed by atoms with Crippen molar-refractivity contribution in [3.8, 4) is 0 Å². The normalized spacial score (nSPS) is 25.3. The Morgan fingerprint density at radius 3 is 2.81 bits per heavy atom. The van der Waals surface area contributed by atoms with Gasteiger partial charge in [-0.25, -0.2) is 4.79 Å². The van der Waals surface area contributed by atoms with Gasteiger partial charge in [0.2, 0.25) is 0 Å². The van der Waals surface area contributed by atoms with Crippen LogP contribution in [0.15, 0.2) is 24.3 Å². The summed E-state index contributed by atoms with van der Waals surface area (Å²) in [6.07, 6.45) is 0. The van der Waals surface area contributed by atoms with Crippen molar-refractivity contribution in [3.63, 3.8) is 0 Å². The van der Waals surface area contributed by atoms with Crippen LogP contribution in [-0.4, -0.2) is 30.8 Å². The number of nitrogens with one attached hydrogen (secondary N) is 1. The van der Waals surface area contributed by atoms with E-state index >= 15 is 0 Å². The average Bonchev–Trinajstić information content (AvgIpc) is 2.30. The average molecular weight is 242 g/mol. The third-order valence-electron chi connectivity index (χ3n) is 2.69. The highest BCUT2D eigenvalue weighted by Gasteiger charge is 2.43. The maximum Gasteiger partial charge on any atom is 0.331 e. The second kappa shape index (κ2) is 4.41. The van der Waals surface area contributed by atoms with Gasteiger partial charge in [-0.1, -0.05) is 29.8 Å². The molecular weight excluding hydrogens is 230 g/mol.